The van der Waals surface area contributed by atoms with Gasteiger partial charge in [0.15, 0.2) is 0 Å². The number of hydrogen-bond acceptors (Lipinski definition) is 5. The van der Waals surface area contributed by atoms with E-state index in [-0.39, 0.29) is 4.90 Å². The summed E-state index contributed by atoms with van der Waals surface area (Å²) in [6, 6.07) is 7.84. The van der Waals surface area contributed by atoms with E-state index in [4.69, 9.17) is 5.26 Å². The second kappa shape index (κ2) is 5.67. The largest absolute Gasteiger partial charge is 0.304 e. The van der Waals surface area contributed by atoms with Gasteiger partial charge in [-0.2, -0.15) is 5.26 Å². The third-order valence-electron chi connectivity index (χ3n) is 3.05. The number of rotatable bonds is 3. The Morgan fingerprint density at radius 3 is 2.26 bits per heavy atom. The number of benzene rings is 1. The van der Waals surface area contributed by atoms with Crippen LogP contribution in [0.25, 0.3) is 0 Å². The maximum Gasteiger partial charge on any atom is 0.253 e. The quantitative estimate of drug-likeness (QED) is 0.843. The van der Waals surface area contributed by atoms with Crippen molar-refractivity contribution in [3.63, 3.8) is 0 Å². The molecule has 0 bridgehead atoms. The van der Waals surface area contributed by atoms with Gasteiger partial charge in [-0.3, -0.25) is 0 Å². The predicted octanol–water partition coefficient (Wildman–Crippen LogP) is -0.00102. The molecule has 7 heteroatoms. The fraction of sp³-hybridized carbons (Fsp3) is 0.417. The second-order valence-electron chi connectivity index (χ2n) is 4.52. The minimum absolute atomic E-state index is 0.172. The van der Waals surface area contributed by atoms with Gasteiger partial charge in [-0.1, -0.05) is 0 Å². The van der Waals surface area contributed by atoms with E-state index < -0.39 is 10.0 Å². The van der Waals surface area contributed by atoms with Gasteiger partial charge in [-0.25, -0.2) is 13.4 Å². The zero-order valence-corrected chi connectivity index (χ0v) is 11.5. The Hall–Kier alpha value is -1.46. The second-order valence-corrected chi connectivity index (χ2v) is 6.18. The number of nitriles is 1. The van der Waals surface area contributed by atoms with E-state index in [9.17, 15) is 8.42 Å². The van der Waals surface area contributed by atoms with Crippen molar-refractivity contribution in [1.29, 1.82) is 5.26 Å². The number of nitrogens with one attached hydrogen (secondary N) is 1. The Morgan fingerprint density at radius 2 is 1.74 bits per heavy atom. The highest BCUT2D eigenvalue weighted by molar-refractivity contribution is 7.89. The normalized spacial score (nSPS) is 18.1. The van der Waals surface area contributed by atoms with Crippen LogP contribution in [0.5, 0.6) is 0 Å². The van der Waals surface area contributed by atoms with Crippen LogP contribution in [-0.4, -0.2) is 51.6 Å². The molecule has 1 fully saturated rings. The Balaban J connectivity index is 2.07. The van der Waals surface area contributed by atoms with Crippen molar-refractivity contribution in [3.05, 3.63) is 29.8 Å². The van der Waals surface area contributed by atoms with Crippen LogP contribution in [0.2, 0.25) is 0 Å². The zero-order chi connectivity index (χ0) is 13.9. The van der Waals surface area contributed by atoms with Crippen LogP contribution in [0.4, 0.5) is 0 Å². The standard InChI is InChI=1S/C12H16N4O2S/c1-15-6-8-16(9-7-15)14-19(17,18)12-4-2-11(10-13)3-5-12/h2-5,14H,6-9H2,1H3. The van der Waals surface area contributed by atoms with Gasteiger partial charge in [0.1, 0.15) is 0 Å². The summed E-state index contributed by atoms with van der Waals surface area (Å²) in [5, 5.41) is 10.4. The first kappa shape index (κ1) is 14.0. The van der Waals surface area contributed by atoms with Crippen molar-refractivity contribution >= 4 is 10.0 Å². The van der Waals surface area contributed by atoms with Crippen LogP contribution in [0.1, 0.15) is 5.56 Å². The summed E-state index contributed by atoms with van der Waals surface area (Å²) in [4.78, 5) is 4.88. The molecule has 1 aromatic rings. The average molecular weight is 280 g/mol. The predicted molar refractivity (Wildman–Crippen MR) is 70.5 cm³/mol. The van der Waals surface area contributed by atoms with Crippen molar-refractivity contribution in [2.75, 3.05) is 33.2 Å². The van der Waals surface area contributed by atoms with E-state index in [0.29, 0.717) is 18.7 Å². The van der Waals surface area contributed by atoms with Crippen molar-refractivity contribution < 1.29 is 8.42 Å². The molecule has 1 N–H and O–H groups in total. The lowest BCUT2D eigenvalue weighted by molar-refractivity contribution is 0.135. The van der Waals surface area contributed by atoms with Gasteiger partial charge >= 0.3 is 0 Å². The van der Waals surface area contributed by atoms with Gasteiger partial charge in [-0.05, 0) is 31.3 Å². The molecule has 1 heterocycles. The van der Waals surface area contributed by atoms with Crippen LogP contribution < -0.4 is 4.83 Å². The number of sulfonamides is 1. The van der Waals surface area contributed by atoms with E-state index in [1.165, 1.54) is 24.3 Å². The molecule has 0 spiro atoms. The van der Waals surface area contributed by atoms with E-state index in [1.807, 2.05) is 13.1 Å². The van der Waals surface area contributed by atoms with Gasteiger partial charge in [-0.15, -0.1) is 4.83 Å². The lowest BCUT2D eigenvalue weighted by atomic mass is 10.2. The molecule has 0 amide bonds. The van der Waals surface area contributed by atoms with Gasteiger partial charge in [0.25, 0.3) is 10.0 Å². The summed E-state index contributed by atoms with van der Waals surface area (Å²) in [5.74, 6) is 0. The molecule has 0 aromatic heterocycles. The molecule has 0 aliphatic carbocycles. The van der Waals surface area contributed by atoms with Crippen LogP contribution >= 0.6 is 0 Å². The molecule has 1 aliphatic rings. The molecular weight excluding hydrogens is 264 g/mol. The zero-order valence-electron chi connectivity index (χ0n) is 10.7. The summed E-state index contributed by atoms with van der Waals surface area (Å²) in [6.45, 7) is 2.98. The van der Waals surface area contributed by atoms with Crippen molar-refractivity contribution in [2.45, 2.75) is 4.90 Å². The average Bonchev–Trinajstić information content (AvgIpc) is 2.41. The summed E-state index contributed by atoms with van der Waals surface area (Å²) in [5.41, 5.74) is 0.443. The van der Waals surface area contributed by atoms with E-state index in [2.05, 4.69) is 9.73 Å². The maximum absolute atomic E-state index is 12.1. The van der Waals surface area contributed by atoms with Crippen LogP contribution in [0, 0.1) is 11.3 Å². The summed E-state index contributed by atoms with van der Waals surface area (Å²) >= 11 is 0. The molecule has 0 radical (unpaired) electrons. The minimum Gasteiger partial charge on any atom is -0.304 e. The minimum atomic E-state index is -3.55. The molecule has 0 atom stereocenters. The van der Waals surface area contributed by atoms with E-state index in [0.717, 1.165) is 13.1 Å². The number of piperazine rings is 1. The maximum atomic E-state index is 12.1. The summed E-state index contributed by atoms with van der Waals surface area (Å²) < 4.78 is 24.3. The lowest BCUT2D eigenvalue weighted by Gasteiger charge is -2.32. The first-order valence-corrected chi connectivity index (χ1v) is 7.46. The molecule has 2 rings (SSSR count). The molecule has 1 aromatic carbocycles. The summed E-state index contributed by atoms with van der Waals surface area (Å²) in [7, 11) is -1.55. The number of hydrazine groups is 1. The number of hydrogen-bond donors (Lipinski definition) is 1. The molecule has 1 aliphatic heterocycles. The Labute approximate surface area is 113 Å². The first-order chi connectivity index (χ1) is 9.01. The van der Waals surface area contributed by atoms with Crippen LogP contribution in [-0.2, 0) is 10.0 Å². The number of nitrogens with zero attached hydrogens (tertiary/aromatic N) is 3. The van der Waals surface area contributed by atoms with Crippen molar-refractivity contribution in [1.82, 2.24) is 14.7 Å². The topological polar surface area (TPSA) is 76.4 Å². The fourth-order valence-electron chi connectivity index (χ4n) is 1.83. The Bertz CT molecular complexity index is 569. The molecule has 0 saturated carbocycles. The number of likely N-dealkylation sites (N-methyl/N-ethyl adjacent to an activating group) is 1. The van der Waals surface area contributed by atoms with Crippen molar-refractivity contribution in [3.8, 4) is 6.07 Å². The monoisotopic (exact) mass is 280 g/mol. The highest BCUT2D eigenvalue weighted by Gasteiger charge is 2.21. The Kier molecular flexibility index (Phi) is 4.17. The highest BCUT2D eigenvalue weighted by Crippen LogP contribution is 2.11. The van der Waals surface area contributed by atoms with Crippen LogP contribution in [0.3, 0.4) is 0 Å². The molecule has 1 saturated heterocycles. The third kappa shape index (κ3) is 3.52. The summed E-state index contributed by atoms with van der Waals surface area (Å²) in [6.07, 6.45) is 0. The van der Waals surface area contributed by atoms with Gasteiger partial charge in [0, 0.05) is 26.2 Å². The molecule has 102 valence electrons. The lowest BCUT2D eigenvalue weighted by Crippen LogP contribution is -2.52. The van der Waals surface area contributed by atoms with Gasteiger partial charge < -0.3 is 4.90 Å². The first-order valence-electron chi connectivity index (χ1n) is 5.97. The van der Waals surface area contributed by atoms with E-state index in [1.54, 1.807) is 5.01 Å². The fourth-order valence-corrected chi connectivity index (χ4v) is 2.95. The van der Waals surface area contributed by atoms with Gasteiger partial charge in [0.2, 0.25) is 0 Å². The smallest absolute Gasteiger partial charge is 0.253 e. The third-order valence-corrected chi connectivity index (χ3v) is 4.44. The highest BCUT2D eigenvalue weighted by atomic mass is 32.2. The molecular formula is C12H16N4O2S. The molecule has 0 unspecified atom stereocenters. The molecule has 19 heavy (non-hydrogen) atoms. The molecule has 6 nitrogen and oxygen atoms in total. The van der Waals surface area contributed by atoms with E-state index >= 15 is 0 Å². The SMILES string of the molecule is CN1CCN(NS(=O)(=O)c2ccc(C#N)cc2)CC1. The van der Waals surface area contributed by atoms with Crippen molar-refractivity contribution in [2.24, 2.45) is 0 Å². The van der Waals surface area contributed by atoms with Crippen LogP contribution in [0.15, 0.2) is 29.2 Å². The Morgan fingerprint density at radius 1 is 1.16 bits per heavy atom. The van der Waals surface area contributed by atoms with Gasteiger partial charge in [0.05, 0.1) is 16.5 Å².